The minimum atomic E-state index is -4.53. The summed E-state index contributed by atoms with van der Waals surface area (Å²) in [5.41, 5.74) is 0.134. The molecule has 0 heterocycles. The molecule has 0 amide bonds. The summed E-state index contributed by atoms with van der Waals surface area (Å²) in [5, 5.41) is 8.87. The van der Waals surface area contributed by atoms with Gasteiger partial charge in [0, 0.05) is 6.04 Å². The molecule has 0 spiro atoms. The van der Waals surface area contributed by atoms with Crippen molar-refractivity contribution in [1.29, 1.82) is 0 Å². The lowest BCUT2D eigenvalue weighted by Gasteiger charge is -2.16. The summed E-state index contributed by atoms with van der Waals surface area (Å²) in [5.74, 6) is -1.10. The van der Waals surface area contributed by atoms with E-state index in [0.717, 1.165) is 19.1 Å². The fourth-order valence-corrected chi connectivity index (χ4v) is 2.94. The van der Waals surface area contributed by atoms with E-state index in [-0.39, 0.29) is 5.56 Å². The predicted octanol–water partition coefficient (Wildman–Crippen LogP) is 1.94. The van der Waals surface area contributed by atoms with E-state index in [0.29, 0.717) is 0 Å². The maximum Gasteiger partial charge on any atom is 0.390 e. The molecule has 0 aromatic heterocycles. The fourth-order valence-electron chi connectivity index (χ4n) is 1.57. The lowest BCUT2D eigenvalue weighted by atomic mass is 10.2. The Kier molecular flexibility index (Phi) is 5.11. The molecule has 1 aromatic carbocycles. The van der Waals surface area contributed by atoms with Crippen LogP contribution in [0.15, 0.2) is 23.1 Å². The molecule has 0 fully saturated rings. The molecule has 0 aliphatic rings. The molecule has 0 aliphatic heterocycles. The van der Waals surface area contributed by atoms with Crippen LogP contribution in [0, 0.1) is 5.82 Å². The number of benzene rings is 1. The molecular weight excluding hydrogens is 302 g/mol. The van der Waals surface area contributed by atoms with E-state index in [1.54, 1.807) is 4.72 Å². The van der Waals surface area contributed by atoms with E-state index in [1.807, 2.05) is 0 Å². The van der Waals surface area contributed by atoms with Crippen LogP contribution in [0.5, 0.6) is 0 Å². The second-order valence-electron chi connectivity index (χ2n) is 4.26. The normalized spacial score (nSPS) is 14.3. The summed E-state index contributed by atoms with van der Waals surface area (Å²) >= 11 is 0. The first-order valence-corrected chi connectivity index (χ1v) is 7.02. The largest absolute Gasteiger partial charge is 0.392 e. The minimum absolute atomic E-state index is 0.134. The van der Waals surface area contributed by atoms with Crippen LogP contribution < -0.4 is 4.72 Å². The Balaban J connectivity index is 2.99. The fraction of sp³-hybridized carbons (Fsp3) is 0.455. The number of sulfonamides is 1. The Morgan fingerprint density at radius 3 is 2.45 bits per heavy atom. The van der Waals surface area contributed by atoms with E-state index >= 15 is 0 Å². The molecule has 0 bridgehead atoms. The van der Waals surface area contributed by atoms with Gasteiger partial charge in [0.05, 0.1) is 13.0 Å². The average Bonchev–Trinajstić information content (AvgIpc) is 2.25. The number of aliphatic hydroxyl groups excluding tert-OH is 1. The molecule has 1 unspecified atom stereocenters. The summed E-state index contributed by atoms with van der Waals surface area (Å²) < 4.78 is 75.3. The van der Waals surface area contributed by atoms with Crippen molar-refractivity contribution in [2.24, 2.45) is 0 Å². The van der Waals surface area contributed by atoms with Gasteiger partial charge in [-0.2, -0.15) is 13.2 Å². The maximum atomic E-state index is 13.5. The van der Waals surface area contributed by atoms with Gasteiger partial charge in [-0.1, -0.05) is 6.07 Å². The second-order valence-corrected chi connectivity index (χ2v) is 5.95. The van der Waals surface area contributed by atoms with Crippen molar-refractivity contribution in [2.75, 3.05) is 0 Å². The van der Waals surface area contributed by atoms with E-state index in [2.05, 4.69) is 0 Å². The standard InChI is InChI=1S/C11H13F4NO3S/c1-7(5-11(13,14)15)16-20(18,19)10-4-8(6-17)2-3-9(10)12/h2-4,7,16-17H,5-6H2,1H3. The van der Waals surface area contributed by atoms with E-state index in [9.17, 15) is 26.0 Å². The van der Waals surface area contributed by atoms with Gasteiger partial charge in [0.15, 0.2) is 0 Å². The van der Waals surface area contributed by atoms with Gasteiger partial charge in [0.1, 0.15) is 10.7 Å². The molecule has 114 valence electrons. The Bertz CT molecular complexity index is 572. The van der Waals surface area contributed by atoms with Crippen LogP contribution >= 0.6 is 0 Å². The summed E-state index contributed by atoms with van der Waals surface area (Å²) in [6.07, 6.45) is -5.90. The number of rotatable bonds is 5. The van der Waals surface area contributed by atoms with Gasteiger partial charge in [-0.05, 0) is 24.6 Å². The van der Waals surface area contributed by atoms with Gasteiger partial charge in [0.25, 0.3) is 0 Å². The van der Waals surface area contributed by atoms with Gasteiger partial charge < -0.3 is 5.11 Å². The highest BCUT2D eigenvalue weighted by atomic mass is 32.2. The molecule has 1 rings (SSSR count). The number of hydrogen-bond donors (Lipinski definition) is 2. The van der Waals surface area contributed by atoms with Crippen molar-refractivity contribution >= 4 is 10.0 Å². The Hall–Kier alpha value is -1.19. The van der Waals surface area contributed by atoms with Crippen LogP contribution in [-0.2, 0) is 16.6 Å². The summed E-state index contributed by atoms with van der Waals surface area (Å²) in [4.78, 5) is -0.793. The Morgan fingerprint density at radius 1 is 1.35 bits per heavy atom. The zero-order valence-corrected chi connectivity index (χ0v) is 11.2. The lowest BCUT2D eigenvalue weighted by Crippen LogP contribution is -2.36. The van der Waals surface area contributed by atoms with Crippen molar-refractivity contribution in [3.63, 3.8) is 0 Å². The van der Waals surface area contributed by atoms with Crippen LogP contribution in [0.3, 0.4) is 0 Å². The van der Waals surface area contributed by atoms with Crippen LogP contribution in [-0.4, -0.2) is 25.7 Å². The van der Waals surface area contributed by atoms with Crippen molar-refractivity contribution < 1.29 is 31.1 Å². The molecule has 0 aliphatic carbocycles. The van der Waals surface area contributed by atoms with Crippen molar-refractivity contribution in [1.82, 2.24) is 4.72 Å². The highest BCUT2D eigenvalue weighted by molar-refractivity contribution is 7.89. The van der Waals surface area contributed by atoms with Crippen LogP contribution in [0.4, 0.5) is 17.6 Å². The zero-order valence-electron chi connectivity index (χ0n) is 10.4. The van der Waals surface area contributed by atoms with Crippen LogP contribution in [0.25, 0.3) is 0 Å². The summed E-state index contributed by atoms with van der Waals surface area (Å²) in [6.45, 7) is 0.514. The Labute approximate surface area is 113 Å². The molecule has 0 saturated carbocycles. The van der Waals surface area contributed by atoms with Gasteiger partial charge in [0.2, 0.25) is 10.0 Å². The summed E-state index contributed by atoms with van der Waals surface area (Å²) in [7, 11) is -4.43. The molecule has 1 atom stereocenters. The quantitative estimate of drug-likeness (QED) is 0.816. The molecular formula is C11H13F4NO3S. The zero-order chi connectivity index (χ0) is 15.6. The summed E-state index contributed by atoms with van der Waals surface area (Å²) in [6, 6.07) is 1.44. The van der Waals surface area contributed by atoms with Gasteiger partial charge in [-0.3, -0.25) is 0 Å². The SMILES string of the molecule is CC(CC(F)(F)F)NS(=O)(=O)c1cc(CO)ccc1F. The van der Waals surface area contributed by atoms with Gasteiger partial charge >= 0.3 is 6.18 Å². The van der Waals surface area contributed by atoms with Crippen LogP contribution in [0.1, 0.15) is 18.9 Å². The molecule has 0 saturated heterocycles. The number of aliphatic hydroxyl groups is 1. The third-order valence-corrected chi connectivity index (χ3v) is 3.97. The van der Waals surface area contributed by atoms with Crippen molar-refractivity contribution in [2.45, 2.75) is 37.1 Å². The van der Waals surface area contributed by atoms with Crippen molar-refractivity contribution in [3.8, 4) is 0 Å². The highest BCUT2D eigenvalue weighted by Gasteiger charge is 2.32. The second kappa shape index (κ2) is 6.06. The van der Waals surface area contributed by atoms with Gasteiger partial charge in [-0.25, -0.2) is 17.5 Å². The molecule has 4 nitrogen and oxygen atoms in total. The topological polar surface area (TPSA) is 66.4 Å². The van der Waals surface area contributed by atoms with E-state index in [1.165, 1.54) is 6.07 Å². The monoisotopic (exact) mass is 315 g/mol. The first-order valence-electron chi connectivity index (χ1n) is 5.53. The van der Waals surface area contributed by atoms with E-state index in [4.69, 9.17) is 5.11 Å². The molecule has 9 heteroatoms. The third-order valence-electron chi connectivity index (χ3n) is 2.36. The number of halogens is 4. The molecule has 0 radical (unpaired) electrons. The molecule has 1 aromatic rings. The van der Waals surface area contributed by atoms with Crippen molar-refractivity contribution in [3.05, 3.63) is 29.6 Å². The Morgan fingerprint density at radius 2 is 1.95 bits per heavy atom. The third kappa shape index (κ3) is 4.73. The first-order chi connectivity index (χ1) is 9.05. The first kappa shape index (κ1) is 16.9. The number of alkyl halides is 3. The maximum absolute atomic E-state index is 13.5. The molecule has 2 N–H and O–H groups in total. The average molecular weight is 315 g/mol. The smallest absolute Gasteiger partial charge is 0.390 e. The minimum Gasteiger partial charge on any atom is -0.392 e. The molecule has 20 heavy (non-hydrogen) atoms. The number of nitrogens with one attached hydrogen (secondary N) is 1. The van der Waals surface area contributed by atoms with Gasteiger partial charge in [-0.15, -0.1) is 0 Å². The predicted molar refractivity (Wildman–Crippen MR) is 62.8 cm³/mol. The number of hydrogen-bond acceptors (Lipinski definition) is 3. The van der Waals surface area contributed by atoms with Crippen LogP contribution in [0.2, 0.25) is 0 Å². The highest BCUT2D eigenvalue weighted by Crippen LogP contribution is 2.23. The van der Waals surface area contributed by atoms with E-state index < -0.39 is 46.0 Å². The lowest BCUT2D eigenvalue weighted by molar-refractivity contribution is -0.137.